The molecule has 0 amide bonds. The Bertz CT molecular complexity index is 567. The van der Waals surface area contributed by atoms with Gasteiger partial charge in [-0.25, -0.2) is 9.97 Å². The molecule has 2 aromatic rings. The topological polar surface area (TPSA) is 37.8 Å². The van der Waals surface area contributed by atoms with Gasteiger partial charge in [0.1, 0.15) is 16.2 Å². The molecule has 0 fully saturated rings. The molecular weight excluding hydrogens is 302 g/mol. The number of nitrogens with one attached hydrogen (secondary N) is 1. The predicted molar refractivity (Wildman–Crippen MR) is 82.3 cm³/mol. The van der Waals surface area contributed by atoms with Crippen molar-refractivity contribution in [3.63, 3.8) is 0 Å². The van der Waals surface area contributed by atoms with Gasteiger partial charge in [0.25, 0.3) is 0 Å². The van der Waals surface area contributed by atoms with E-state index in [9.17, 15) is 0 Å². The molecule has 1 aromatic heterocycles. The second-order valence-electron chi connectivity index (χ2n) is 4.93. The maximum Gasteiger partial charge on any atom is 0.134 e. The SMILES string of the molecule is Cc1cccc(CNc2cc(Br)nc(C(C)C)n2)c1. The van der Waals surface area contributed by atoms with Crippen molar-refractivity contribution in [1.82, 2.24) is 9.97 Å². The third-order valence-corrected chi connectivity index (χ3v) is 3.19. The average Bonchev–Trinajstić information content (AvgIpc) is 2.36. The molecule has 4 heteroatoms. The monoisotopic (exact) mass is 319 g/mol. The van der Waals surface area contributed by atoms with Crippen LogP contribution in [0, 0.1) is 6.92 Å². The Morgan fingerprint density at radius 2 is 2.00 bits per heavy atom. The molecule has 1 heterocycles. The van der Waals surface area contributed by atoms with Crippen molar-refractivity contribution < 1.29 is 0 Å². The van der Waals surface area contributed by atoms with E-state index in [1.165, 1.54) is 11.1 Å². The standard InChI is InChI=1S/C15H18BrN3/c1-10(2)15-18-13(16)8-14(19-15)17-9-12-6-4-5-11(3)7-12/h4-8,10H,9H2,1-3H3,(H,17,18,19). The van der Waals surface area contributed by atoms with Crippen molar-refractivity contribution in [1.29, 1.82) is 0 Å². The van der Waals surface area contributed by atoms with Crippen molar-refractivity contribution in [2.75, 3.05) is 5.32 Å². The summed E-state index contributed by atoms with van der Waals surface area (Å²) in [5, 5.41) is 3.34. The Morgan fingerprint density at radius 1 is 1.21 bits per heavy atom. The van der Waals surface area contributed by atoms with E-state index in [-0.39, 0.29) is 0 Å². The minimum absolute atomic E-state index is 0.317. The smallest absolute Gasteiger partial charge is 0.134 e. The first-order valence-electron chi connectivity index (χ1n) is 6.38. The predicted octanol–water partition coefficient (Wildman–Crippen LogP) is 4.28. The molecule has 100 valence electrons. The lowest BCUT2D eigenvalue weighted by Crippen LogP contribution is -2.05. The number of halogens is 1. The van der Waals surface area contributed by atoms with Crippen LogP contribution in [0.4, 0.5) is 5.82 Å². The summed E-state index contributed by atoms with van der Waals surface area (Å²) in [7, 11) is 0. The molecule has 2 rings (SSSR count). The van der Waals surface area contributed by atoms with Crippen LogP contribution in [-0.2, 0) is 6.54 Å². The van der Waals surface area contributed by atoms with Crippen LogP contribution in [0.5, 0.6) is 0 Å². The first kappa shape index (κ1) is 14.0. The number of nitrogens with zero attached hydrogens (tertiary/aromatic N) is 2. The van der Waals surface area contributed by atoms with Gasteiger partial charge >= 0.3 is 0 Å². The molecule has 0 aliphatic heterocycles. The molecular formula is C15H18BrN3. The van der Waals surface area contributed by atoms with Crippen LogP contribution in [0.1, 0.15) is 36.7 Å². The zero-order valence-corrected chi connectivity index (χ0v) is 13.0. The summed E-state index contributed by atoms with van der Waals surface area (Å²) in [6.45, 7) is 7.04. The van der Waals surface area contributed by atoms with Gasteiger partial charge in [-0.1, -0.05) is 43.7 Å². The summed E-state index contributed by atoms with van der Waals surface area (Å²) in [5.41, 5.74) is 2.52. The highest BCUT2D eigenvalue weighted by Crippen LogP contribution is 2.18. The van der Waals surface area contributed by atoms with E-state index < -0.39 is 0 Å². The lowest BCUT2D eigenvalue weighted by molar-refractivity contribution is 0.769. The summed E-state index contributed by atoms with van der Waals surface area (Å²) in [5.74, 6) is 2.02. The summed E-state index contributed by atoms with van der Waals surface area (Å²) in [4.78, 5) is 8.89. The van der Waals surface area contributed by atoms with Crippen LogP contribution < -0.4 is 5.32 Å². The Labute approximate surface area is 122 Å². The van der Waals surface area contributed by atoms with E-state index in [0.717, 1.165) is 22.8 Å². The van der Waals surface area contributed by atoms with Gasteiger partial charge in [0.05, 0.1) is 0 Å². The molecule has 0 radical (unpaired) electrons. The van der Waals surface area contributed by atoms with Gasteiger partial charge in [-0.2, -0.15) is 0 Å². The molecule has 1 N–H and O–H groups in total. The number of aromatic nitrogens is 2. The highest BCUT2D eigenvalue weighted by molar-refractivity contribution is 9.10. The number of aryl methyl sites for hydroxylation is 1. The second-order valence-corrected chi connectivity index (χ2v) is 5.74. The number of hydrogen-bond acceptors (Lipinski definition) is 3. The Balaban J connectivity index is 2.11. The molecule has 0 aliphatic carbocycles. The largest absolute Gasteiger partial charge is 0.366 e. The van der Waals surface area contributed by atoms with Crippen LogP contribution in [0.2, 0.25) is 0 Å². The summed E-state index contributed by atoms with van der Waals surface area (Å²) in [6.07, 6.45) is 0. The van der Waals surface area contributed by atoms with Gasteiger partial charge < -0.3 is 5.32 Å². The number of benzene rings is 1. The third kappa shape index (κ3) is 4.03. The minimum atomic E-state index is 0.317. The highest BCUT2D eigenvalue weighted by atomic mass is 79.9. The molecule has 0 saturated heterocycles. The molecule has 0 bridgehead atoms. The van der Waals surface area contributed by atoms with Crippen molar-refractivity contribution in [3.8, 4) is 0 Å². The molecule has 0 spiro atoms. The fourth-order valence-electron chi connectivity index (χ4n) is 1.80. The van der Waals surface area contributed by atoms with E-state index in [0.29, 0.717) is 5.92 Å². The van der Waals surface area contributed by atoms with Crippen LogP contribution in [0.15, 0.2) is 34.9 Å². The van der Waals surface area contributed by atoms with Gasteiger partial charge in [-0.05, 0) is 28.4 Å². The first-order chi connectivity index (χ1) is 9.04. The summed E-state index contributed by atoms with van der Waals surface area (Å²) < 4.78 is 0.818. The van der Waals surface area contributed by atoms with Gasteiger partial charge in [-0.3, -0.25) is 0 Å². The first-order valence-corrected chi connectivity index (χ1v) is 7.18. The molecule has 19 heavy (non-hydrogen) atoms. The lowest BCUT2D eigenvalue weighted by atomic mass is 10.1. The Hall–Kier alpha value is -1.42. The van der Waals surface area contributed by atoms with Crippen LogP contribution in [0.3, 0.4) is 0 Å². The fraction of sp³-hybridized carbons (Fsp3) is 0.333. The molecule has 0 unspecified atom stereocenters. The Morgan fingerprint density at radius 3 is 2.68 bits per heavy atom. The molecule has 1 aromatic carbocycles. The molecule has 0 aliphatic rings. The zero-order chi connectivity index (χ0) is 13.8. The quantitative estimate of drug-likeness (QED) is 0.854. The Kier molecular flexibility index (Phi) is 4.53. The van der Waals surface area contributed by atoms with Crippen molar-refractivity contribution in [3.05, 3.63) is 51.9 Å². The number of anilines is 1. The van der Waals surface area contributed by atoms with E-state index in [2.05, 4.69) is 76.3 Å². The summed E-state index contributed by atoms with van der Waals surface area (Å²) in [6, 6.07) is 10.4. The summed E-state index contributed by atoms with van der Waals surface area (Å²) >= 11 is 3.43. The average molecular weight is 320 g/mol. The van der Waals surface area contributed by atoms with Crippen molar-refractivity contribution in [2.45, 2.75) is 33.2 Å². The van der Waals surface area contributed by atoms with Crippen molar-refractivity contribution >= 4 is 21.7 Å². The van der Waals surface area contributed by atoms with Gasteiger partial charge in [-0.15, -0.1) is 0 Å². The highest BCUT2D eigenvalue weighted by Gasteiger charge is 2.06. The van der Waals surface area contributed by atoms with Crippen LogP contribution in [0.25, 0.3) is 0 Å². The minimum Gasteiger partial charge on any atom is -0.366 e. The number of rotatable bonds is 4. The second kappa shape index (κ2) is 6.15. The van der Waals surface area contributed by atoms with E-state index >= 15 is 0 Å². The van der Waals surface area contributed by atoms with Gasteiger partial charge in [0, 0.05) is 18.5 Å². The van der Waals surface area contributed by atoms with E-state index in [1.54, 1.807) is 0 Å². The van der Waals surface area contributed by atoms with Crippen LogP contribution in [-0.4, -0.2) is 9.97 Å². The maximum atomic E-state index is 4.52. The normalized spacial score (nSPS) is 10.8. The zero-order valence-electron chi connectivity index (χ0n) is 11.4. The molecule has 0 saturated carbocycles. The van der Waals surface area contributed by atoms with Crippen molar-refractivity contribution in [2.24, 2.45) is 0 Å². The molecule has 3 nitrogen and oxygen atoms in total. The van der Waals surface area contributed by atoms with E-state index in [4.69, 9.17) is 0 Å². The maximum absolute atomic E-state index is 4.52. The van der Waals surface area contributed by atoms with E-state index in [1.807, 2.05) is 6.07 Å². The van der Waals surface area contributed by atoms with Gasteiger partial charge in [0.2, 0.25) is 0 Å². The van der Waals surface area contributed by atoms with Gasteiger partial charge in [0.15, 0.2) is 0 Å². The molecule has 0 atom stereocenters. The third-order valence-electron chi connectivity index (χ3n) is 2.78. The number of hydrogen-bond donors (Lipinski definition) is 1. The fourth-order valence-corrected chi connectivity index (χ4v) is 2.20. The van der Waals surface area contributed by atoms with Crippen LogP contribution >= 0.6 is 15.9 Å². The lowest BCUT2D eigenvalue weighted by Gasteiger charge is -2.10.